The number of alkyl halides is 1. The van der Waals surface area contributed by atoms with Gasteiger partial charge in [-0.1, -0.05) is 19.4 Å². The van der Waals surface area contributed by atoms with Gasteiger partial charge in [-0.2, -0.15) is 0 Å². The highest BCUT2D eigenvalue weighted by Gasteiger charge is 2.52. The molecule has 1 aromatic rings. The Balaban J connectivity index is 2.10. The molecular formula is C15H17ClO2. The maximum absolute atomic E-state index is 12.3. The minimum absolute atomic E-state index is 0.0113. The van der Waals surface area contributed by atoms with Crippen molar-refractivity contribution >= 4 is 17.4 Å². The van der Waals surface area contributed by atoms with Crippen LogP contribution < -0.4 is 4.74 Å². The zero-order valence-electron chi connectivity index (χ0n) is 10.7. The van der Waals surface area contributed by atoms with Crippen molar-refractivity contribution in [3.8, 4) is 5.75 Å². The van der Waals surface area contributed by atoms with Crippen LogP contribution in [0.1, 0.15) is 30.4 Å². The van der Waals surface area contributed by atoms with E-state index in [1.54, 1.807) is 7.11 Å². The fourth-order valence-electron chi connectivity index (χ4n) is 3.68. The summed E-state index contributed by atoms with van der Waals surface area (Å²) in [5, 5.41) is -0.307. The van der Waals surface area contributed by atoms with Gasteiger partial charge in [0.25, 0.3) is 0 Å². The van der Waals surface area contributed by atoms with E-state index >= 15 is 0 Å². The minimum atomic E-state index is -0.307. The highest BCUT2D eigenvalue weighted by Crippen LogP contribution is 2.51. The second-order valence-corrected chi connectivity index (χ2v) is 5.76. The fraction of sp³-hybridized carbons (Fsp3) is 0.533. The van der Waals surface area contributed by atoms with E-state index in [0.29, 0.717) is 11.8 Å². The number of fused-ring (bicyclic) bond motifs is 4. The first-order valence-electron chi connectivity index (χ1n) is 6.52. The number of ether oxygens (including phenoxy) is 1. The minimum Gasteiger partial charge on any atom is -0.497 e. The van der Waals surface area contributed by atoms with Gasteiger partial charge in [-0.3, -0.25) is 4.79 Å². The molecule has 0 N–H and O–H groups in total. The normalized spacial score (nSPS) is 33.4. The van der Waals surface area contributed by atoms with Gasteiger partial charge in [0.15, 0.2) is 5.78 Å². The Morgan fingerprint density at radius 2 is 2.22 bits per heavy atom. The highest BCUT2D eigenvalue weighted by molar-refractivity contribution is 6.33. The Kier molecular flexibility index (Phi) is 2.86. The van der Waals surface area contributed by atoms with Crippen molar-refractivity contribution < 1.29 is 9.53 Å². The summed E-state index contributed by atoms with van der Waals surface area (Å²) in [5.74, 6) is 1.81. The molecule has 4 atom stereocenters. The smallest absolute Gasteiger partial charge is 0.158 e. The van der Waals surface area contributed by atoms with E-state index in [1.165, 1.54) is 11.1 Å². The maximum atomic E-state index is 12.3. The molecule has 0 heterocycles. The van der Waals surface area contributed by atoms with Crippen LogP contribution in [0.3, 0.4) is 0 Å². The lowest BCUT2D eigenvalue weighted by atomic mass is 9.73. The lowest BCUT2D eigenvalue weighted by molar-refractivity contribution is -0.118. The molecule has 2 aliphatic carbocycles. The number of halogens is 1. The van der Waals surface area contributed by atoms with Gasteiger partial charge in [-0.25, -0.2) is 0 Å². The van der Waals surface area contributed by atoms with Gasteiger partial charge >= 0.3 is 0 Å². The zero-order chi connectivity index (χ0) is 12.9. The lowest BCUT2D eigenvalue weighted by Gasteiger charge is -2.30. The lowest BCUT2D eigenvalue weighted by Crippen LogP contribution is -2.24. The third kappa shape index (κ3) is 1.51. The van der Waals surface area contributed by atoms with E-state index in [1.807, 2.05) is 12.1 Å². The van der Waals surface area contributed by atoms with Crippen LogP contribution in [0.5, 0.6) is 5.75 Å². The Morgan fingerprint density at radius 1 is 1.44 bits per heavy atom. The first-order valence-corrected chi connectivity index (χ1v) is 6.95. The largest absolute Gasteiger partial charge is 0.497 e. The van der Waals surface area contributed by atoms with Gasteiger partial charge in [0.05, 0.1) is 12.5 Å². The Morgan fingerprint density at radius 3 is 2.89 bits per heavy atom. The summed E-state index contributed by atoms with van der Waals surface area (Å²) in [6.07, 6.45) is 1.93. The molecule has 18 heavy (non-hydrogen) atoms. The highest BCUT2D eigenvalue weighted by atomic mass is 35.5. The number of carbonyl (C=O) groups excluding carboxylic acids is 1. The molecule has 0 aromatic heterocycles. The van der Waals surface area contributed by atoms with Crippen LogP contribution in [0.4, 0.5) is 0 Å². The molecule has 1 saturated carbocycles. The number of ketones is 1. The molecule has 1 unspecified atom stereocenters. The van der Waals surface area contributed by atoms with Crippen molar-refractivity contribution in [1.29, 1.82) is 0 Å². The van der Waals surface area contributed by atoms with Crippen molar-refractivity contribution in [3.63, 3.8) is 0 Å². The number of rotatable bonds is 2. The summed E-state index contributed by atoms with van der Waals surface area (Å²) in [5.41, 5.74) is 2.41. The standard InChI is InChI=1S/C15H17ClO2/c1-3-10-12-7-8-6-9(18-2)4-5-11(8)13(10)15(17)14(12)16/h4-6,10,12-14H,3,7H2,1-2H3/t10?,12-,13-,14-/m1/s1. The first-order chi connectivity index (χ1) is 8.67. The van der Waals surface area contributed by atoms with E-state index < -0.39 is 0 Å². The quantitative estimate of drug-likeness (QED) is 0.767. The molecule has 2 bridgehead atoms. The monoisotopic (exact) mass is 264 g/mol. The Labute approximate surface area is 112 Å². The molecule has 3 heteroatoms. The number of hydrogen-bond donors (Lipinski definition) is 0. The average Bonchev–Trinajstić information content (AvgIpc) is 2.58. The van der Waals surface area contributed by atoms with Crippen LogP contribution >= 0.6 is 11.6 Å². The first kappa shape index (κ1) is 12.0. The van der Waals surface area contributed by atoms with Gasteiger partial charge in [-0.15, -0.1) is 11.6 Å². The van der Waals surface area contributed by atoms with Crippen molar-refractivity contribution in [2.24, 2.45) is 11.8 Å². The van der Waals surface area contributed by atoms with Crippen molar-refractivity contribution in [1.82, 2.24) is 0 Å². The summed E-state index contributed by atoms with van der Waals surface area (Å²) in [4.78, 5) is 12.3. The average molecular weight is 265 g/mol. The Hall–Kier alpha value is -1.02. The molecular weight excluding hydrogens is 248 g/mol. The predicted octanol–water partition coefficient (Wildman–Crippen LogP) is 3.17. The SMILES string of the molecule is CCC1[C@H]2Cc3cc(OC)ccc3[C@@H]1C(=O)[C@@H]2Cl. The van der Waals surface area contributed by atoms with Gasteiger partial charge in [0.1, 0.15) is 5.75 Å². The van der Waals surface area contributed by atoms with Crippen LogP contribution in [0.25, 0.3) is 0 Å². The summed E-state index contributed by atoms with van der Waals surface area (Å²) < 4.78 is 5.26. The van der Waals surface area contributed by atoms with E-state index in [4.69, 9.17) is 16.3 Å². The van der Waals surface area contributed by atoms with E-state index in [9.17, 15) is 4.79 Å². The third-order valence-electron chi connectivity index (χ3n) is 4.54. The molecule has 2 nitrogen and oxygen atoms in total. The third-order valence-corrected chi connectivity index (χ3v) is 5.08. The van der Waals surface area contributed by atoms with Crippen LogP contribution in [-0.4, -0.2) is 18.3 Å². The number of benzene rings is 1. The number of hydrogen-bond acceptors (Lipinski definition) is 2. The second-order valence-electron chi connectivity index (χ2n) is 5.29. The zero-order valence-corrected chi connectivity index (χ0v) is 11.4. The van der Waals surface area contributed by atoms with Crippen molar-refractivity contribution in [2.75, 3.05) is 7.11 Å². The van der Waals surface area contributed by atoms with E-state index in [0.717, 1.165) is 18.6 Å². The van der Waals surface area contributed by atoms with Crippen LogP contribution in [0.15, 0.2) is 18.2 Å². The van der Waals surface area contributed by atoms with Crippen LogP contribution in [0.2, 0.25) is 0 Å². The van der Waals surface area contributed by atoms with E-state index in [2.05, 4.69) is 13.0 Å². The molecule has 0 radical (unpaired) electrons. The van der Waals surface area contributed by atoms with Gasteiger partial charge in [0.2, 0.25) is 0 Å². The van der Waals surface area contributed by atoms with Gasteiger partial charge in [0, 0.05) is 5.92 Å². The maximum Gasteiger partial charge on any atom is 0.158 e. The van der Waals surface area contributed by atoms with Gasteiger partial charge in [-0.05, 0) is 41.5 Å². The number of methoxy groups -OCH3 is 1. The molecule has 0 aliphatic heterocycles. The summed E-state index contributed by atoms with van der Waals surface area (Å²) in [7, 11) is 1.67. The molecule has 1 aromatic carbocycles. The van der Waals surface area contributed by atoms with Crippen molar-refractivity contribution in [2.45, 2.75) is 31.1 Å². The molecule has 3 rings (SSSR count). The molecule has 0 saturated heterocycles. The topological polar surface area (TPSA) is 26.3 Å². The Bertz CT molecular complexity index is 497. The summed E-state index contributed by atoms with van der Waals surface area (Å²) in [6, 6.07) is 6.05. The summed E-state index contributed by atoms with van der Waals surface area (Å²) in [6.45, 7) is 2.15. The summed E-state index contributed by atoms with van der Waals surface area (Å²) >= 11 is 6.32. The van der Waals surface area contributed by atoms with Gasteiger partial charge < -0.3 is 4.74 Å². The predicted molar refractivity (Wildman–Crippen MR) is 71.4 cm³/mol. The molecule has 0 spiro atoms. The second kappa shape index (κ2) is 4.27. The molecule has 1 fully saturated rings. The molecule has 2 aliphatic rings. The number of Topliss-reactive ketones (excluding diaryl/α,β-unsaturated/α-hetero) is 1. The van der Waals surface area contributed by atoms with Crippen molar-refractivity contribution in [3.05, 3.63) is 29.3 Å². The van der Waals surface area contributed by atoms with Crippen LogP contribution in [0, 0.1) is 11.8 Å². The molecule has 0 amide bonds. The molecule has 96 valence electrons. The van der Waals surface area contributed by atoms with Crippen LogP contribution in [-0.2, 0) is 11.2 Å². The van der Waals surface area contributed by atoms with E-state index in [-0.39, 0.29) is 17.1 Å². The fourth-order valence-corrected chi connectivity index (χ4v) is 4.09. The number of carbonyl (C=O) groups is 1.